The van der Waals surface area contributed by atoms with Gasteiger partial charge in [-0.05, 0) is 43.7 Å². The number of anilines is 1. The number of hydrogen-bond donors (Lipinski definition) is 3. The lowest BCUT2D eigenvalue weighted by Crippen LogP contribution is -2.29. The molecule has 0 radical (unpaired) electrons. The summed E-state index contributed by atoms with van der Waals surface area (Å²) in [5.74, 6) is -0.254. The SMILES string of the molecule is Cc1cc(C(=O)Nc2cccc(S(=O)(=O)NCCN)c2)sc1C.Cl. The predicted molar refractivity (Wildman–Crippen MR) is 99.7 cm³/mol. The number of carbonyl (C=O) groups is 1. The third kappa shape index (κ3) is 5.02. The molecule has 24 heavy (non-hydrogen) atoms. The predicted octanol–water partition coefficient (Wildman–Crippen LogP) is 2.28. The minimum atomic E-state index is -3.63. The Morgan fingerprint density at radius 1 is 1.25 bits per heavy atom. The molecule has 2 rings (SSSR count). The van der Waals surface area contributed by atoms with Crippen molar-refractivity contribution in [2.24, 2.45) is 5.73 Å². The Bertz CT molecular complexity index is 800. The molecule has 0 spiro atoms. The van der Waals surface area contributed by atoms with Gasteiger partial charge in [-0.25, -0.2) is 13.1 Å². The number of thiophene rings is 1. The van der Waals surface area contributed by atoms with Gasteiger partial charge in [0.05, 0.1) is 9.77 Å². The lowest BCUT2D eigenvalue weighted by molar-refractivity contribution is 0.103. The molecule has 0 bridgehead atoms. The van der Waals surface area contributed by atoms with Crippen molar-refractivity contribution >= 4 is 45.4 Å². The lowest BCUT2D eigenvalue weighted by atomic mass is 10.2. The Labute approximate surface area is 151 Å². The number of carbonyl (C=O) groups excluding carboxylic acids is 1. The van der Waals surface area contributed by atoms with Crippen LogP contribution in [0.4, 0.5) is 5.69 Å². The van der Waals surface area contributed by atoms with Crippen LogP contribution >= 0.6 is 23.7 Å². The topological polar surface area (TPSA) is 101 Å². The summed E-state index contributed by atoms with van der Waals surface area (Å²) in [5, 5.41) is 2.72. The molecule has 0 aliphatic carbocycles. The first kappa shape index (κ1) is 20.6. The fourth-order valence-electron chi connectivity index (χ4n) is 1.90. The Balaban J connectivity index is 0.00000288. The van der Waals surface area contributed by atoms with Gasteiger partial charge in [-0.15, -0.1) is 23.7 Å². The second-order valence-electron chi connectivity index (χ2n) is 5.02. The fourth-order valence-corrected chi connectivity index (χ4v) is 3.92. The normalized spacial score (nSPS) is 11.0. The summed E-state index contributed by atoms with van der Waals surface area (Å²) < 4.78 is 26.5. The summed E-state index contributed by atoms with van der Waals surface area (Å²) in [4.78, 5) is 14.0. The van der Waals surface area contributed by atoms with Crippen molar-refractivity contribution in [2.45, 2.75) is 18.7 Å². The van der Waals surface area contributed by atoms with E-state index in [1.807, 2.05) is 19.9 Å². The minimum absolute atomic E-state index is 0. The highest BCUT2D eigenvalue weighted by atomic mass is 35.5. The molecule has 1 heterocycles. The third-order valence-corrected chi connectivity index (χ3v) is 5.84. The number of halogens is 1. The van der Waals surface area contributed by atoms with Gasteiger partial charge in [-0.2, -0.15) is 0 Å². The van der Waals surface area contributed by atoms with E-state index in [1.54, 1.807) is 12.1 Å². The summed E-state index contributed by atoms with van der Waals surface area (Å²) in [7, 11) is -3.63. The second-order valence-corrected chi connectivity index (χ2v) is 8.04. The number of aryl methyl sites for hydroxylation is 2. The Hall–Kier alpha value is -1.45. The number of nitrogens with one attached hydrogen (secondary N) is 2. The molecular weight excluding hydrogens is 370 g/mol. The van der Waals surface area contributed by atoms with Crippen molar-refractivity contribution in [2.75, 3.05) is 18.4 Å². The van der Waals surface area contributed by atoms with Crippen LogP contribution < -0.4 is 15.8 Å². The molecule has 0 atom stereocenters. The van der Waals surface area contributed by atoms with Gasteiger partial charge >= 0.3 is 0 Å². The number of benzene rings is 1. The first-order valence-electron chi connectivity index (χ1n) is 7.01. The van der Waals surface area contributed by atoms with Gasteiger partial charge in [-0.3, -0.25) is 4.79 Å². The third-order valence-electron chi connectivity index (χ3n) is 3.23. The molecule has 2 aromatic rings. The maximum Gasteiger partial charge on any atom is 0.265 e. The summed E-state index contributed by atoms with van der Waals surface area (Å²) in [6.07, 6.45) is 0. The van der Waals surface area contributed by atoms with Crippen LogP contribution in [0.1, 0.15) is 20.1 Å². The molecule has 0 saturated heterocycles. The van der Waals surface area contributed by atoms with Crippen LogP contribution in [0.2, 0.25) is 0 Å². The monoisotopic (exact) mass is 389 g/mol. The minimum Gasteiger partial charge on any atom is -0.329 e. The van der Waals surface area contributed by atoms with Gasteiger partial charge in [0.2, 0.25) is 10.0 Å². The maximum atomic E-state index is 12.2. The Morgan fingerprint density at radius 3 is 2.54 bits per heavy atom. The van der Waals surface area contributed by atoms with E-state index in [4.69, 9.17) is 5.73 Å². The van der Waals surface area contributed by atoms with Crippen LogP contribution in [0.5, 0.6) is 0 Å². The van der Waals surface area contributed by atoms with Crippen molar-refractivity contribution < 1.29 is 13.2 Å². The highest BCUT2D eigenvalue weighted by molar-refractivity contribution is 7.89. The van der Waals surface area contributed by atoms with Crippen LogP contribution in [-0.4, -0.2) is 27.4 Å². The first-order valence-corrected chi connectivity index (χ1v) is 9.31. The summed E-state index contributed by atoms with van der Waals surface area (Å²) >= 11 is 1.41. The van der Waals surface area contributed by atoms with Crippen molar-refractivity contribution in [1.82, 2.24) is 4.72 Å². The molecule has 4 N–H and O–H groups in total. The van der Waals surface area contributed by atoms with Gasteiger partial charge in [0.1, 0.15) is 0 Å². The molecule has 0 aliphatic rings. The van der Waals surface area contributed by atoms with Gasteiger partial charge in [-0.1, -0.05) is 6.07 Å². The zero-order valence-electron chi connectivity index (χ0n) is 13.3. The van der Waals surface area contributed by atoms with Gasteiger partial charge in [0, 0.05) is 23.7 Å². The number of rotatable bonds is 6. The summed E-state index contributed by atoms with van der Waals surface area (Å²) in [5.41, 5.74) is 6.79. The van der Waals surface area contributed by atoms with Crippen molar-refractivity contribution in [3.63, 3.8) is 0 Å². The van der Waals surface area contributed by atoms with Crippen LogP contribution in [0.25, 0.3) is 0 Å². The molecule has 1 aromatic heterocycles. The van der Waals surface area contributed by atoms with E-state index in [0.29, 0.717) is 10.6 Å². The molecule has 6 nitrogen and oxygen atoms in total. The molecule has 0 saturated carbocycles. The Morgan fingerprint density at radius 2 is 1.96 bits per heavy atom. The van der Waals surface area contributed by atoms with E-state index >= 15 is 0 Å². The zero-order valence-corrected chi connectivity index (χ0v) is 15.8. The molecule has 0 aliphatic heterocycles. The second kappa shape index (κ2) is 8.59. The van der Waals surface area contributed by atoms with Crippen LogP contribution in [0, 0.1) is 13.8 Å². The van der Waals surface area contributed by atoms with Crippen LogP contribution in [0.15, 0.2) is 35.2 Å². The smallest absolute Gasteiger partial charge is 0.265 e. The lowest BCUT2D eigenvalue weighted by Gasteiger charge is -2.08. The van der Waals surface area contributed by atoms with E-state index in [2.05, 4.69) is 10.0 Å². The van der Waals surface area contributed by atoms with Crippen LogP contribution in [-0.2, 0) is 10.0 Å². The van der Waals surface area contributed by atoms with Crippen molar-refractivity contribution in [3.05, 3.63) is 45.6 Å². The summed E-state index contributed by atoms with van der Waals surface area (Å²) in [6, 6.07) is 7.93. The number of nitrogens with two attached hydrogens (primary N) is 1. The van der Waals surface area contributed by atoms with E-state index < -0.39 is 10.0 Å². The fraction of sp³-hybridized carbons (Fsp3) is 0.267. The highest BCUT2D eigenvalue weighted by Crippen LogP contribution is 2.22. The zero-order chi connectivity index (χ0) is 17.0. The molecule has 1 amide bonds. The van der Waals surface area contributed by atoms with E-state index in [0.717, 1.165) is 10.4 Å². The average Bonchev–Trinajstić information content (AvgIpc) is 2.85. The van der Waals surface area contributed by atoms with Gasteiger partial charge in [0.15, 0.2) is 0 Å². The average molecular weight is 390 g/mol. The molecule has 1 aromatic carbocycles. The molecule has 0 unspecified atom stereocenters. The van der Waals surface area contributed by atoms with Crippen molar-refractivity contribution in [3.8, 4) is 0 Å². The molecule has 132 valence electrons. The highest BCUT2D eigenvalue weighted by Gasteiger charge is 2.15. The van der Waals surface area contributed by atoms with E-state index in [-0.39, 0.29) is 36.3 Å². The number of amides is 1. The van der Waals surface area contributed by atoms with Crippen LogP contribution in [0.3, 0.4) is 0 Å². The largest absolute Gasteiger partial charge is 0.329 e. The quantitative estimate of drug-likeness (QED) is 0.705. The van der Waals surface area contributed by atoms with Gasteiger partial charge in [0.25, 0.3) is 5.91 Å². The van der Waals surface area contributed by atoms with E-state index in [9.17, 15) is 13.2 Å². The number of hydrogen-bond acceptors (Lipinski definition) is 5. The molecule has 9 heteroatoms. The summed E-state index contributed by atoms with van der Waals surface area (Å²) in [6.45, 7) is 4.27. The standard InChI is InChI=1S/C15H19N3O3S2.ClH/c1-10-8-14(22-11(10)2)15(19)18-12-4-3-5-13(9-12)23(20,21)17-7-6-16;/h3-5,8-9,17H,6-7,16H2,1-2H3,(H,18,19);1H. The Kier molecular flexibility index (Phi) is 7.37. The first-order chi connectivity index (χ1) is 10.8. The molecular formula is C15H20ClN3O3S2. The maximum absolute atomic E-state index is 12.2. The molecule has 0 fully saturated rings. The van der Waals surface area contributed by atoms with Crippen molar-refractivity contribution in [1.29, 1.82) is 0 Å². The van der Waals surface area contributed by atoms with Gasteiger partial charge < -0.3 is 11.1 Å². The van der Waals surface area contributed by atoms with E-state index in [1.165, 1.54) is 23.5 Å². The number of sulfonamides is 1.